The van der Waals surface area contributed by atoms with Gasteiger partial charge in [0, 0.05) is 5.69 Å². The lowest BCUT2D eigenvalue weighted by molar-refractivity contribution is -0.113. The summed E-state index contributed by atoms with van der Waals surface area (Å²) >= 11 is 0. The van der Waals surface area contributed by atoms with Crippen molar-refractivity contribution in [2.45, 2.75) is 19.8 Å². The Hall–Kier alpha value is -1.82. The normalized spacial score (nSPS) is 10.9. The van der Waals surface area contributed by atoms with Gasteiger partial charge in [-0.15, -0.1) is 6.58 Å². The quantitative estimate of drug-likeness (QED) is 0.561. The van der Waals surface area contributed by atoms with E-state index >= 15 is 0 Å². The first-order valence-corrected chi connectivity index (χ1v) is 8.63. The maximum atomic E-state index is 11.6. The van der Waals surface area contributed by atoms with Crippen LogP contribution in [0.4, 0.5) is 5.69 Å². The average Bonchev–Trinajstić information content (AvgIpc) is 2.40. The maximum absolute atomic E-state index is 11.6. The number of rotatable bonds is 9. The van der Waals surface area contributed by atoms with Crippen molar-refractivity contribution in [1.82, 2.24) is 0 Å². The lowest BCUT2D eigenvalue weighted by atomic mass is 10.3. The molecule has 0 atom stereocenters. The smallest absolute Gasteiger partial charge is 0.239 e. The first-order chi connectivity index (χ1) is 9.96. The van der Waals surface area contributed by atoms with Gasteiger partial charge in [0.25, 0.3) is 0 Å². The first-order valence-electron chi connectivity index (χ1n) is 6.81. The van der Waals surface area contributed by atoms with Crippen molar-refractivity contribution >= 4 is 21.4 Å². The van der Waals surface area contributed by atoms with Crippen LogP contribution >= 0.6 is 0 Å². The second-order valence-electron chi connectivity index (χ2n) is 4.62. The van der Waals surface area contributed by atoms with Crippen LogP contribution in [0.2, 0.25) is 0 Å². The summed E-state index contributed by atoms with van der Waals surface area (Å²) in [5.41, 5.74) is 0.539. The van der Waals surface area contributed by atoms with Gasteiger partial charge < -0.3 is 10.1 Å². The SMILES string of the molecule is C=CCS(=O)(=O)CC(=O)Nc1ccc(OCCCC)cc1. The zero-order valence-corrected chi connectivity index (χ0v) is 13.0. The summed E-state index contributed by atoms with van der Waals surface area (Å²) < 4.78 is 28.5. The fraction of sp³-hybridized carbons (Fsp3) is 0.400. The van der Waals surface area contributed by atoms with Crippen molar-refractivity contribution in [2.24, 2.45) is 0 Å². The largest absolute Gasteiger partial charge is 0.494 e. The van der Waals surface area contributed by atoms with E-state index in [0.29, 0.717) is 12.3 Å². The Morgan fingerprint density at radius 2 is 2.00 bits per heavy atom. The third kappa shape index (κ3) is 6.94. The third-order valence-corrected chi connectivity index (χ3v) is 4.07. The van der Waals surface area contributed by atoms with Crippen LogP contribution in [-0.2, 0) is 14.6 Å². The number of sulfone groups is 1. The monoisotopic (exact) mass is 311 g/mol. The first kappa shape index (κ1) is 17.2. The minimum Gasteiger partial charge on any atom is -0.494 e. The fourth-order valence-electron chi connectivity index (χ4n) is 1.60. The fourth-order valence-corrected chi connectivity index (χ4v) is 2.55. The van der Waals surface area contributed by atoms with Gasteiger partial charge in [-0.3, -0.25) is 4.79 Å². The minimum atomic E-state index is -3.43. The van der Waals surface area contributed by atoms with E-state index in [2.05, 4.69) is 18.8 Å². The number of carbonyl (C=O) groups excluding carboxylic acids is 1. The van der Waals surface area contributed by atoms with Crippen LogP contribution in [0.15, 0.2) is 36.9 Å². The predicted octanol–water partition coefficient (Wildman–Crippen LogP) is 2.40. The second-order valence-corrected chi connectivity index (χ2v) is 6.73. The molecular weight excluding hydrogens is 290 g/mol. The molecule has 0 aliphatic heterocycles. The number of amides is 1. The van der Waals surface area contributed by atoms with Crippen LogP contribution in [0.25, 0.3) is 0 Å². The molecule has 5 nitrogen and oxygen atoms in total. The number of benzene rings is 1. The van der Waals surface area contributed by atoms with E-state index < -0.39 is 21.5 Å². The van der Waals surface area contributed by atoms with Gasteiger partial charge in [-0.05, 0) is 30.7 Å². The molecule has 6 heteroatoms. The second kappa shape index (κ2) is 8.46. The van der Waals surface area contributed by atoms with Crippen molar-refractivity contribution < 1.29 is 17.9 Å². The molecule has 0 fully saturated rings. The van der Waals surface area contributed by atoms with Gasteiger partial charge in [-0.2, -0.15) is 0 Å². The van der Waals surface area contributed by atoms with E-state index in [1.54, 1.807) is 24.3 Å². The third-order valence-electron chi connectivity index (χ3n) is 2.63. The number of nitrogens with one attached hydrogen (secondary N) is 1. The number of hydrogen-bond acceptors (Lipinski definition) is 4. The summed E-state index contributed by atoms with van der Waals surface area (Å²) in [4.78, 5) is 11.6. The van der Waals surface area contributed by atoms with Gasteiger partial charge in [0.1, 0.15) is 11.5 Å². The van der Waals surface area contributed by atoms with E-state index in [-0.39, 0.29) is 5.75 Å². The van der Waals surface area contributed by atoms with Gasteiger partial charge in [0.05, 0.1) is 12.4 Å². The van der Waals surface area contributed by atoms with Crippen LogP contribution in [-0.4, -0.2) is 32.4 Å². The van der Waals surface area contributed by atoms with Gasteiger partial charge in [-0.1, -0.05) is 19.4 Å². The number of carbonyl (C=O) groups is 1. The molecule has 1 aromatic rings. The molecule has 0 saturated heterocycles. The molecule has 0 aliphatic carbocycles. The molecule has 1 amide bonds. The number of hydrogen-bond donors (Lipinski definition) is 1. The highest BCUT2D eigenvalue weighted by molar-refractivity contribution is 7.92. The number of ether oxygens (including phenoxy) is 1. The van der Waals surface area contributed by atoms with Crippen molar-refractivity contribution in [3.8, 4) is 5.75 Å². The lowest BCUT2D eigenvalue weighted by Crippen LogP contribution is -2.24. The molecule has 1 N–H and O–H groups in total. The van der Waals surface area contributed by atoms with Crippen molar-refractivity contribution in [1.29, 1.82) is 0 Å². The van der Waals surface area contributed by atoms with Crippen molar-refractivity contribution in [2.75, 3.05) is 23.4 Å². The Kier molecular flexibility index (Phi) is 6.94. The molecule has 1 aromatic carbocycles. The van der Waals surface area contributed by atoms with Crippen LogP contribution < -0.4 is 10.1 Å². The highest BCUT2D eigenvalue weighted by atomic mass is 32.2. The Balaban J connectivity index is 2.51. The number of unbranched alkanes of at least 4 members (excludes halogenated alkanes) is 1. The molecule has 116 valence electrons. The minimum absolute atomic E-state index is 0.204. The Labute approximate surface area is 125 Å². The van der Waals surface area contributed by atoms with E-state index in [0.717, 1.165) is 18.6 Å². The standard InChI is InChI=1S/C15H21NO4S/c1-3-5-10-20-14-8-6-13(7-9-14)16-15(17)12-21(18,19)11-4-2/h4,6-9H,2-3,5,10-12H2,1H3,(H,16,17). The predicted molar refractivity (Wildman–Crippen MR) is 84.3 cm³/mol. The Morgan fingerprint density at radius 1 is 1.33 bits per heavy atom. The molecule has 0 saturated carbocycles. The summed E-state index contributed by atoms with van der Waals surface area (Å²) in [6.45, 7) is 6.09. The van der Waals surface area contributed by atoms with E-state index in [4.69, 9.17) is 4.74 Å². The summed E-state index contributed by atoms with van der Waals surface area (Å²) in [6, 6.07) is 6.84. The lowest BCUT2D eigenvalue weighted by Gasteiger charge is -2.08. The zero-order valence-electron chi connectivity index (χ0n) is 12.2. The molecule has 0 radical (unpaired) electrons. The van der Waals surface area contributed by atoms with Crippen LogP contribution in [0, 0.1) is 0 Å². The van der Waals surface area contributed by atoms with Gasteiger partial charge >= 0.3 is 0 Å². The van der Waals surface area contributed by atoms with Crippen molar-refractivity contribution in [3.05, 3.63) is 36.9 Å². The summed E-state index contributed by atoms with van der Waals surface area (Å²) in [6.07, 6.45) is 3.32. The summed E-state index contributed by atoms with van der Waals surface area (Å²) in [7, 11) is -3.43. The van der Waals surface area contributed by atoms with Crippen molar-refractivity contribution in [3.63, 3.8) is 0 Å². The van der Waals surface area contributed by atoms with E-state index in [9.17, 15) is 13.2 Å². The molecule has 0 bridgehead atoms. The summed E-state index contributed by atoms with van der Waals surface area (Å²) in [5, 5.41) is 2.54. The Morgan fingerprint density at radius 3 is 2.57 bits per heavy atom. The van der Waals surface area contributed by atoms with E-state index in [1.807, 2.05) is 0 Å². The van der Waals surface area contributed by atoms with Gasteiger partial charge in [-0.25, -0.2) is 8.42 Å². The molecule has 0 heterocycles. The topological polar surface area (TPSA) is 72.5 Å². The number of anilines is 1. The highest BCUT2D eigenvalue weighted by Gasteiger charge is 2.14. The van der Waals surface area contributed by atoms with E-state index in [1.165, 1.54) is 6.08 Å². The van der Waals surface area contributed by atoms with Crippen LogP contribution in [0.3, 0.4) is 0 Å². The highest BCUT2D eigenvalue weighted by Crippen LogP contribution is 2.16. The molecule has 0 aromatic heterocycles. The Bertz CT molecular complexity index is 564. The van der Waals surface area contributed by atoms with Crippen LogP contribution in [0.5, 0.6) is 5.75 Å². The maximum Gasteiger partial charge on any atom is 0.239 e. The molecule has 21 heavy (non-hydrogen) atoms. The van der Waals surface area contributed by atoms with Gasteiger partial charge in [0.15, 0.2) is 9.84 Å². The van der Waals surface area contributed by atoms with Crippen LogP contribution in [0.1, 0.15) is 19.8 Å². The zero-order chi connectivity index (χ0) is 15.7. The molecule has 0 spiro atoms. The molecule has 1 rings (SSSR count). The summed E-state index contributed by atoms with van der Waals surface area (Å²) in [5.74, 6) is -0.587. The molecular formula is C15H21NO4S. The molecule has 0 aliphatic rings. The average molecular weight is 311 g/mol. The van der Waals surface area contributed by atoms with Gasteiger partial charge in [0.2, 0.25) is 5.91 Å². The molecule has 0 unspecified atom stereocenters.